The lowest BCUT2D eigenvalue weighted by atomic mass is 9.95. The molecule has 1 fully saturated rings. The minimum absolute atomic E-state index is 0.321. The van der Waals surface area contributed by atoms with Crippen LogP contribution in [0.4, 0.5) is 0 Å². The molecule has 0 radical (unpaired) electrons. The Bertz CT molecular complexity index is 665. The average Bonchev–Trinajstić information content (AvgIpc) is 2.85. The van der Waals surface area contributed by atoms with Crippen LogP contribution in [0.2, 0.25) is 0 Å². The maximum atomic E-state index is 11.9. The van der Waals surface area contributed by atoms with Crippen LogP contribution in [-0.4, -0.2) is 33.1 Å². The molecule has 3 rings (SSSR count). The number of rotatable bonds is 6. The van der Waals surface area contributed by atoms with E-state index in [4.69, 9.17) is 4.42 Å². The van der Waals surface area contributed by atoms with Crippen LogP contribution in [0.25, 0.3) is 11.2 Å². The number of nitrogens with zero attached hydrogens (tertiary/aromatic N) is 2. The van der Waals surface area contributed by atoms with Gasteiger partial charge < -0.3 is 9.73 Å². The zero-order chi connectivity index (χ0) is 15.4. The Morgan fingerprint density at radius 2 is 2.32 bits per heavy atom. The van der Waals surface area contributed by atoms with Crippen LogP contribution < -0.4 is 11.1 Å². The van der Waals surface area contributed by atoms with Crippen LogP contribution in [0.5, 0.6) is 0 Å². The molecule has 0 bridgehead atoms. The van der Waals surface area contributed by atoms with E-state index in [1.807, 2.05) is 0 Å². The molecule has 0 saturated heterocycles. The largest absolute Gasteiger partial charge is 0.421 e. The summed E-state index contributed by atoms with van der Waals surface area (Å²) in [6.07, 6.45) is 6.86. The van der Waals surface area contributed by atoms with Crippen molar-refractivity contribution in [2.45, 2.75) is 50.4 Å². The molecule has 0 amide bonds. The third kappa shape index (κ3) is 3.38. The first-order valence-corrected chi connectivity index (χ1v) is 9.14. The summed E-state index contributed by atoms with van der Waals surface area (Å²) in [7, 11) is 0. The van der Waals surface area contributed by atoms with E-state index < -0.39 is 0 Å². The second kappa shape index (κ2) is 7.33. The zero-order valence-corrected chi connectivity index (χ0v) is 13.8. The maximum Gasteiger partial charge on any atom is 0.421 e. The van der Waals surface area contributed by atoms with Crippen molar-refractivity contribution in [2.24, 2.45) is 0 Å². The van der Waals surface area contributed by atoms with Crippen LogP contribution >= 0.6 is 11.8 Å². The van der Waals surface area contributed by atoms with Gasteiger partial charge in [0.25, 0.3) is 0 Å². The molecule has 0 aromatic carbocycles. The highest BCUT2D eigenvalue weighted by atomic mass is 32.2. The normalized spacial score (nSPS) is 22.2. The summed E-state index contributed by atoms with van der Waals surface area (Å²) in [6.45, 7) is 3.60. The summed E-state index contributed by atoms with van der Waals surface area (Å²) in [6, 6.07) is 4.12. The lowest BCUT2D eigenvalue weighted by Gasteiger charge is -2.31. The monoisotopic (exact) mass is 321 g/mol. The van der Waals surface area contributed by atoms with Gasteiger partial charge in [0.05, 0.1) is 0 Å². The van der Waals surface area contributed by atoms with Gasteiger partial charge in [0.1, 0.15) is 0 Å². The van der Waals surface area contributed by atoms with E-state index in [1.165, 1.54) is 31.4 Å². The van der Waals surface area contributed by atoms with E-state index in [9.17, 15) is 4.79 Å². The van der Waals surface area contributed by atoms with Crippen molar-refractivity contribution < 1.29 is 4.42 Å². The second-order valence-corrected chi connectivity index (χ2v) is 7.20. The van der Waals surface area contributed by atoms with E-state index in [0.29, 0.717) is 29.1 Å². The third-order valence-corrected chi connectivity index (χ3v) is 5.58. The molecule has 1 N–H and O–H groups in total. The van der Waals surface area contributed by atoms with Gasteiger partial charge in [0, 0.05) is 30.6 Å². The Balaban J connectivity index is 1.62. The number of hydrogen-bond donors (Lipinski definition) is 1. The molecule has 2 aromatic heterocycles. The topological polar surface area (TPSA) is 60.1 Å². The second-order valence-electron chi connectivity index (χ2n) is 5.68. The number of aromatic nitrogens is 2. The predicted molar refractivity (Wildman–Crippen MR) is 90.4 cm³/mol. The third-order valence-electron chi connectivity index (χ3n) is 4.25. The first-order chi connectivity index (χ1) is 10.8. The van der Waals surface area contributed by atoms with Crippen LogP contribution in [0.15, 0.2) is 27.5 Å². The van der Waals surface area contributed by atoms with Gasteiger partial charge in [-0.3, -0.25) is 4.57 Å². The van der Waals surface area contributed by atoms with Crippen molar-refractivity contribution >= 4 is 23.0 Å². The van der Waals surface area contributed by atoms with Crippen LogP contribution in [0, 0.1) is 0 Å². The fourth-order valence-electron chi connectivity index (χ4n) is 3.20. The number of fused-ring (bicyclic) bond motifs is 1. The molecule has 2 aromatic rings. The van der Waals surface area contributed by atoms with E-state index >= 15 is 0 Å². The van der Waals surface area contributed by atoms with Gasteiger partial charge in [0.2, 0.25) is 0 Å². The molecule has 120 valence electrons. The molecule has 0 spiro atoms. The van der Waals surface area contributed by atoms with Crippen molar-refractivity contribution in [1.82, 2.24) is 14.9 Å². The number of pyridine rings is 1. The summed E-state index contributed by atoms with van der Waals surface area (Å²) < 4.78 is 6.83. The standard InChI is InChI=1S/C16H23N3O2S/c1-2-22-14-8-4-3-6-12(14)17-10-11-19-15-13(21-16(19)20)7-5-9-18-15/h5,7,9,12,14,17H,2-4,6,8,10-11H2,1H3. The van der Waals surface area contributed by atoms with E-state index in [2.05, 4.69) is 29.0 Å². The van der Waals surface area contributed by atoms with Gasteiger partial charge in [-0.2, -0.15) is 11.8 Å². The molecule has 1 aliphatic carbocycles. The van der Waals surface area contributed by atoms with E-state index in [1.54, 1.807) is 22.9 Å². The van der Waals surface area contributed by atoms with Gasteiger partial charge in [-0.1, -0.05) is 19.8 Å². The lowest BCUT2D eigenvalue weighted by Crippen LogP contribution is -2.42. The molecule has 2 heterocycles. The van der Waals surface area contributed by atoms with Crippen LogP contribution in [-0.2, 0) is 6.54 Å². The fraction of sp³-hybridized carbons (Fsp3) is 0.625. The molecular formula is C16H23N3O2S. The Kier molecular flexibility index (Phi) is 5.20. The molecule has 2 atom stereocenters. The highest BCUT2D eigenvalue weighted by molar-refractivity contribution is 7.99. The average molecular weight is 321 g/mol. The van der Waals surface area contributed by atoms with Crippen LogP contribution in [0.1, 0.15) is 32.6 Å². The Labute approximate surface area is 134 Å². The number of oxazole rings is 1. The maximum absolute atomic E-state index is 11.9. The van der Waals surface area contributed by atoms with Crippen molar-refractivity contribution in [3.63, 3.8) is 0 Å². The van der Waals surface area contributed by atoms with E-state index in [-0.39, 0.29) is 5.76 Å². The van der Waals surface area contributed by atoms with Gasteiger partial charge in [-0.15, -0.1) is 0 Å². The Morgan fingerprint density at radius 3 is 3.18 bits per heavy atom. The number of hydrogen-bond acceptors (Lipinski definition) is 5. The van der Waals surface area contributed by atoms with Crippen LogP contribution in [0.3, 0.4) is 0 Å². The summed E-state index contributed by atoms with van der Waals surface area (Å²) in [5, 5.41) is 4.34. The smallest absolute Gasteiger partial charge is 0.406 e. The zero-order valence-electron chi connectivity index (χ0n) is 13.0. The first-order valence-electron chi connectivity index (χ1n) is 8.09. The molecule has 2 unspecified atom stereocenters. The Hall–Kier alpha value is -1.27. The Morgan fingerprint density at radius 1 is 1.45 bits per heavy atom. The summed E-state index contributed by atoms with van der Waals surface area (Å²) in [5.41, 5.74) is 1.20. The molecule has 22 heavy (non-hydrogen) atoms. The van der Waals surface area contributed by atoms with Gasteiger partial charge in [-0.05, 0) is 30.7 Å². The minimum Gasteiger partial charge on any atom is -0.406 e. The first kappa shape index (κ1) is 15.6. The SMILES string of the molecule is CCSC1CCCCC1NCCn1c(=O)oc2cccnc21. The highest BCUT2D eigenvalue weighted by Gasteiger charge is 2.24. The van der Waals surface area contributed by atoms with Gasteiger partial charge >= 0.3 is 5.76 Å². The molecule has 5 nitrogen and oxygen atoms in total. The quantitative estimate of drug-likeness (QED) is 0.886. The molecule has 6 heteroatoms. The summed E-state index contributed by atoms with van der Waals surface area (Å²) in [4.78, 5) is 16.2. The van der Waals surface area contributed by atoms with Crippen molar-refractivity contribution in [3.05, 3.63) is 28.9 Å². The number of thioether (sulfide) groups is 1. The van der Waals surface area contributed by atoms with E-state index in [0.717, 1.165) is 6.54 Å². The number of nitrogens with one attached hydrogen (secondary N) is 1. The summed E-state index contributed by atoms with van der Waals surface area (Å²) in [5.74, 6) is 0.845. The lowest BCUT2D eigenvalue weighted by molar-refractivity contribution is 0.374. The highest BCUT2D eigenvalue weighted by Crippen LogP contribution is 2.28. The fourth-order valence-corrected chi connectivity index (χ4v) is 4.43. The molecule has 1 saturated carbocycles. The van der Waals surface area contributed by atoms with Crippen molar-refractivity contribution in [3.8, 4) is 0 Å². The van der Waals surface area contributed by atoms with Gasteiger partial charge in [0.15, 0.2) is 11.2 Å². The molecule has 1 aliphatic rings. The van der Waals surface area contributed by atoms with Gasteiger partial charge in [-0.25, -0.2) is 9.78 Å². The molecule has 0 aliphatic heterocycles. The van der Waals surface area contributed by atoms with Crippen molar-refractivity contribution in [1.29, 1.82) is 0 Å². The molecular weight excluding hydrogens is 298 g/mol. The minimum atomic E-state index is -0.321. The summed E-state index contributed by atoms with van der Waals surface area (Å²) >= 11 is 2.05. The predicted octanol–water partition coefficient (Wildman–Crippen LogP) is 2.64. The van der Waals surface area contributed by atoms with Crippen molar-refractivity contribution in [2.75, 3.05) is 12.3 Å².